The van der Waals surface area contributed by atoms with Crippen molar-refractivity contribution in [1.29, 1.82) is 0 Å². The van der Waals surface area contributed by atoms with E-state index in [4.69, 9.17) is 16.3 Å². The first-order valence-corrected chi connectivity index (χ1v) is 7.74. The van der Waals surface area contributed by atoms with Crippen LogP contribution in [0.5, 0.6) is 0 Å². The van der Waals surface area contributed by atoms with E-state index in [1.165, 1.54) is 18.9 Å². The average molecular weight is 300 g/mol. The molecule has 2 nitrogen and oxygen atoms in total. The predicted molar refractivity (Wildman–Crippen MR) is 80.8 cm³/mol. The van der Waals surface area contributed by atoms with Gasteiger partial charge in [0, 0.05) is 17.7 Å². The maximum absolute atomic E-state index is 13.5. The van der Waals surface area contributed by atoms with Crippen LogP contribution in [0.4, 0.5) is 4.39 Å². The van der Waals surface area contributed by atoms with E-state index in [9.17, 15) is 4.39 Å². The van der Waals surface area contributed by atoms with Gasteiger partial charge in [0.15, 0.2) is 0 Å². The third-order valence-electron chi connectivity index (χ3n) is 4.05. The Bertz CT molecular complexity index is 446. The number of benzene rings is 1. The Kier molecular flexibility index (Phi) is 5.82. The van der Waals surface area contributed by atoms with Gasteiger partial charge in [0.2, 0.25) is 0 Å². The summed E-state index contributed by atoms with van der Waals surface area (Å²) in [5.74, 6) is -0.246. The van der Waals surface area contributed by atoms with E-state index in [1.54, 1.807) is 6.92 Å². The molecule has 0 radical (unpaired) electrons. The van der Waals surface area contributed by atoms with Gasteiger partial charge < -0.3 is 10.1 Å². The molecule has 1 aromatic rings. The largest absolute Gasteiger partial charge is 0.378 e. The summed E-state index contributed by atoms with van der Waals surface area (Å²) < 4.78 is 19.2. The van der Waals surface area contributed by atoms with Gasteiger partial charge in [-0.2, -0.15) is 0 Å². The molecule has 4 heteroatoms. The maximum Gasteiger partial charge on any atom is 0.127 e. The van der Waals surface area contributed by atoms with Gasteiger partial charge in [0.25, 0.3) is 0 Å². The third kappa shape index (κ3) is 3.94. The summed E-state index contributed by atoms with van der Waals surface area (Å²) >= 11 is 6.19. The van der Waals surface area contributed by atoms with Crippen molar-refractivity contribution >= 4 is 11.6 Å². The summed E-state index contributed by atoms with van der Waals surface area (Å²) in [5.41, 5.74) is 1.61. The first-order valence-electron chi connectivity index (χ1n) is 7.36. The molecule has 1 N–H and O–H groups in total. The lowest BCUT2D eigenvalue weighted by Gasteiger charge is -2.25. The molecule has 0 aromatic heterocycles. The van der Waals surface area contributed by atoms with Gasteiger partial charge in [-0.3, -0.25) is 0 Å². The second-order valence-corrected chi connectivity index (χ2v) is 5.94. The minimum absolute atomic E-state index is 0.146. The Hall–Kier alpha value is -0.640. The second kappa shape index (κ2) is 7.39. The fourth-order valence-corrected chi connectivity index (χ4v) is 3.07. The molecular weight excluding hydrogens is 277 g/mol. The first kappa shape index (κ1) is 15.7. The molecule has 0 amide bonds. The van der Waals surface area contributed by atoms with Crippen molar-refractivity contribution in [3.05, 3.63) is 34.1 Å². The molecule has 0 aliphatic carbocycles. The number of hydrogen-bond donors (Lipinski definition) is 1. The van der Waals surface area contributed by atoms with Crippen molar-refractivity contribution in [3.8, 4) is 0 Å². The molecule has 1 saturated heterocycles. The van der Waals surface area contributed by atoms with Crippen LogP contribution in [0, 0.1) is 12.7 Å². The number of hydrogen-bond acceptors (Lipinski definition) is 2. The quantitative estimate of drug-likeness (QED) is 0.870. The van der Waals surface area contributed by atoms with Gasteiger partial charge in [0.1, 0.15) is 5.82 Å². The molecule has 1 heterocycles. The van der Waals surface area contributed by atoms with E-state index in [0.29, 0.717) is 16.7 Å². The maximum atomic E-state index is 13.5. The van der Waals surface area contributed by atoms with Crippen LogP contribution in [0.3, 0.4) is 0 Å². The molecule has 0 bridgehead atoms. The average Bonchev–Trinajstić information content (AvgIpc) is 2.46. The lowest BCUT2D eigenvalue weighted by Crippen LogP contribution is -2.23. The minimum Gasteiger partial charge on any atom is -0.378 e. The first-order chi connectivity index (χ1) is 9.61. The Morgan fingerprint density at radius 3 is 2.90 bits per heavy atom. The zero-order chi connectivity index (χ0) is 14.5. The van der Waals surface area contributed by atoms with E-state index >= 15 is 0 Å². The van der Waals surface area contributed by atoms with Gasteiger partial charge in [-0.15, -0.1) is 0 Å². The van der Waals surface area contributed by atoms with E-state index in [2.05, 4.69) is 5.32 Å². The van der Waals surface area contributed by atoms with Crippen LogP contribution in [0.2, 0.25) is 5.02 Å². The highest BCUT2D eigenvalue weighted by molar-refractivity contribution is 6.31. The molecule has 1 fully saturated rings. The standard InChI is InChI=1S/C16H23ClFNO/c1-11-9-13(14(17)10-15(11)18)16(19-2)7-6-12-5-3-4-8-20-12/h9-10,12,16,19H,3-8H2,1-2H3. The van der Waals surface area contributed by atoms with Crippen LogP contribution in [0.15, 0.2) is 12.1 Å². The summed E-state index contributed by atoms with van der Waals surface area (Å²) in [5, 5.41) is 3.78. The smallest absolute Gasteiger partial charge is 0.127 e. The molecule has 20 heavy (non-hydrogen) atoms. The van der Waals surface area contributed by atoms with Crippen LogP contribution in [-0.4, -0.2) is 19.8 Å². The molecule has 2 unspecified atom stereocenters. The summed E-state index contributed by atoms with van der Waals surface area (Å²) in [7, 11) is 1.92. The van der Waals surface area contributed by atoms with E-state index in [-0.39, 0.29) is 11.9 Å². The third-order valence-corrected chi connectivity index (χ3v) is 4.38. The van der Waals surface area contributed by atoms with Gasteiger partial charge in [-0.25, -0.2) is 4.39 Å². The lowest BCUT2D eigenvalue weighted by molar-refractivity contribution is 0.00866. The normalized spacial score (nSPS) is 20.9. The Balaban J connectivity index is 2.02. The number of halogens is 2. The molecule has 1 aromatic carbocycles. The summed E-state index contributed by atoms with van der Waals surface area (Å²) in [6.07, 6.45) is 5.90. The van der Waals surface area contributed by atoms with E-state index in [1.807, 2.05) is 13.1 Å². The Morgan fingerprint density at radius 2 is 2.25 bits per heavy atom. The molecule has 112 valence electrons. The fraction of sp³-hybridized carbons (Fsp3) is 0.625. The summed E-state index contributed by atoms with van der Waals surface area (Å²) in [6, 6.07) is 3.40. The molecule has 2 rings (SSSR count). The van der Waals surface area contributed by atoms with Crippen LogP contribution >= 0.6 is 11.6 Å². The van der Waals surface area contributed by atoms with Crippen molar-refractivity contribution in [1.82, 2.24) is 5.32 Å². The molecule has 0 spiro atoms. The van der Waals surface area contributed by atoms with Crippen LogP contribution in [-0.2, 0) is 4.74 Å². The zero-order valence-electron chi connectivity index (χ0n) is 12.2. The molecular formula is C16H23ClFNO. The van der Waals surface area contributed by atoms with Crippen molar-refractivity contribution in [2.24, 2.45) is 0 Å². The number of nitrogens with one attached hydrogen (secondary N) is 1. The van der Waals surface area contributed by atoms with Gasteiger partial charge in [-0.1, -0.05) is 17.7 Å². The van der Waals surface area contributed by atoms with Crippen molar-refractivity contribution in [2.75, 3.05) is 13.7 Å². The van der Waals surface area contributed by atoms with Crippen LogP contribution in [0.1, 0.15) is 49.3 Å². The number of aryl methyl sites for hydroxylation is 1. The molecule has 1 aliphatic heterocycles. The van der Waals surface area contributed by atoms with Crippen molar-refractivity contribution < 1.29 is 9.13 Å². The predicted octanol–water partition coefficient (Wildman–Crippen LogP) is 4.40. The Labute approximate surface area is 125 Å². The monoisotopic (exact) mass is 299 g/mol. The lowest BCUT2D eigenvalue weighted by atomic mass is 9.96. The molecule has 1 aliphatic rings. The number of ether oxygens (including phenoxy) is 1. The summed E-state index contributed by atoms with van der Waals surface area (Å²) in [4.78, 5) is 0. The SMILES string of the molecule is CNC(CCC1CCCCO1)c1cc(C)c(F)cc1Cl. The number of rotatable bonds is 5. The topological polar surface area (TPSA) is 21.3 Å². The minimum atomic E-state index is -0.246. The molecule has 2 atom stereocenters. The van der Waals surface area contributed by atoms with Crippen molar-refractivity contribution in [3.63, 3.8) is 0 Å². The van der Waals surface area contributed by atoms with Crippen LogP contribution < -0.4 is 5.32 Å². The second-order valence-electron chi connectivity index (χ2n) is 5.53. The van der Waals surface area contributed by atoms with E-state index in [0.717, 1.165) is 31.4 Å². The fourth-order valence-electron chi connectivity index (χ4n) is 2.79. The van der Waals surface area contributed by atoms with Gasteiger partial charge in [-0.05, 0) is 63.3 Å². The van der Waals surface area contributed by atoms with Gasteiger partial charge in [0.05, 0.1) is 6.10 Å². The Morgan fingerprint density at radius 1 is 1.45 bits per heavy atom. The van der Waals surface area contributed by atoms with Crippen molar-refractivity contribution in [2.45, 2.75) is 51.2 Å². The van der Waals surface area contributed by atoms with Crippen LogP contribution in [0.25, 0.3) is 0 Å². The highest BCUT2D eigenvalue weighted by Crippen LogP contribution is 2.30. The highest BCUT2D eigenvalue weighted by atomic mass is 35.5. The van der Waals surface area contributed by atoms with Gasteiger partial charge >= 0.3 is 0 Å². The van der Waals surface area contributed by atoms with E-state index < -0.39 is 0 Å². The molecule has 0 saturated carbocycles. The highest BCUT2D eigenvalue weighted by Gasteiger charge is 2.19. The summed E-state index contributed by atoms with van der Waals surface area (Å²) in [6.45, 7) is 2.65. The zero-order valence-corrected chi connectivity index (χ0v) is 13.0.